The molecule has 0 aliphatic carbocycles. The van der Waals surface area contributed by atoms with Crippen LogP contribution >= 0.6 is 46.5 Å². The lowest BCUT2D eigenvalue weighted by Crippen LogP contribution is -2.57. The zero-order chi connectivity index (χ0) is 51.8. The first-order chi connectivity index (χ1) is 33.6. The van der Waals surface area contributed by atoms with E-state index in [4.69, 9.17) is 58.6 Å². The van der Waals surface area contributed by atoms with Crippen LogP contribution in [0.15, 0.2) is 71.2 Å². The van der Waals surface area contributed by atoms with Gasteiger partial charge in [-0.25, -0.2) is 9.78 Å². The van der Waals surface area contributed by atoms with Gasteiger partial charge in [0.1, 0.15) is 36.0 Å². The van der Waals surface area contributed by atoms with Crippen molar-refractivity contribution in [3.63, 3.8) is 0 Å². The number of halogens is 1. The maximum absolute atomic E-state index is 14.0. The summed E-state index contributed by atoms with van der Waals surface area (Å²) >= 11 is 10.2. The number of nitrogen functional groups attached to an aromatic ring is 1. The molecule has 2 saturated heterocycles. The van der Waals surface area contributed by atoms with Crippen molar-refractivity contribution >= 4 is 101 Å². The minimum absolute atomic E-state index is 0.0531. The van der Waals surface area contributed by atoms with E-state index in [9.17, 15) is 28.8 Å². The molecule has 2 aliphatic heterocycles. The van der Waals surface area contributed by atoms with Gasteiger partial charge in [-0.1, -0.05) is 54.4 Å². The largest absolute Gasteiger partial charge is 0.542 e. The number of hydrogen-bond donors (Lipinski definition) is 1. The Morgan fingerprint density at radius 1 is 0.944 bits per heavy atom. The van der Waals surface area contributed by atoms with E-state index in [0.717, 1.165) is 46.0 Å². The van der Waals surface area contributed by atoms with Gasteiger partial charge in [0.05, 0.1) is 37.1 Å². The molecule has 3 heterocycles. The van der Waals surface area contributed by atoms with Gasteiger partial charge in [-0.2, -0.15) is 0 Å². The molecule has 2 fully saturated rings. The fourth-order valence-corrected chi connectivity index (χ4v) is 11.5. The van der Waals surface area contributed by atoms with Gasteiger partial charge in [-0.3, -0.25) is 24.0 Å². The number of methoxy groups -OCH3 is 2. The quantitative estimate of drug-likeness (QED) is 0.0134. The number of esters is 1. The summed E-state index contributed by atoms with van der Waals surface area (Å²) in [5.41, 5.74) is 4.79. The van der Waals surface area contributed by atoms with E-state index >= 15 is 0 Å². The summed E-state index contributed by atoms with van der Waals surface area (Å²) in [6, 6.07) is 17.4. The van der Waals surface area contributed by atoms with E-state index in [1.54, 1.807) is 59.3 Å². The first-order valence-electron chi connectivity index (χ1n) is 22.3. The number of aromatic nitrogens is 1. The average Bonchev–Trinajstić information content (AvgIpc) is 3.94. The van der Waals surface area contributed by atoms with Crippen molar-refractivity contribution in [3.8, 4) is 23.0 Å². The van der Waals surface area contributed by atoms with Crippen LogP contribution in [-0.4, -0.2) is 106 Å². The van der Waals surface area contributed by atoms with Crippen LogP contribution in [0.25, 0.3) is 0 Å². The van der Waals surface area contributed by atoms with Crippen molar-refractivity contribution in [1.82, 2.24) is 9.88 Å². The summed E-state index contributed by atoms with van der Waals surface area (Å²) in [6.45, 7) is 9.89. The van der Waals surface area contributed by atoms with Crippen molar-refractivity contribution in [3.05, 3.63) is 93.5 Å². The summed E-state index contributed by atoms with van der Waals surface area (Å²) < 4.78 is 31.6. The number of hydrogen-bond acceptors (Lipinski definition) is 19. The predicted octanol–water partition coefficient (Wildman–Crippen LogP) is 7.81. The van der Waals surface area contributed by atoms with Crippen molar-refractivity contribution in [2.24, 2.45) is 17.0 Å². The van der Waals surface area contributed by atoms with E-state index in [-0.39, 0.29) is 77.0 Å². The summed E-state index contributed by atoms with van der Waals surface area (Å²) in [5, 5.41) is 4.94. The lowest BCUT2D eigenvalue weighted by Gasteiger charge is -2.41. The highest BCUT2D eigenvalue weighted by atomic mass is 35.5. The number of fused-ring (bicyclic) bond motifs is 1. The van der Waals surface area contributed by atoms with Gasteiger partial charge in [0, 0.05) is 23.8 Å². The van der Waals surface area contributed by atoms with Gasteiger partial charge < -0.3 is 43.8 Å². The SMILES string of the molecule is [B]OC(=O)[C@@]1(SC[C@@H](CC)CC(=O)C(=O)c2ccc(OCc3ccc(OC)cc3)c(OCc3ccc(OC)cc3)c2Cl)CN2C(=O)C(CC(=O)/C(=N\OC(C)(C)C(=O)OC(C)(C)C)c3csc(N)n3)[C@H]2S1. The Bertz CT molecular complexity index is 2660. The second kappa shape index (κ2) is 23.2. The summed E-state index contributed by atoms with van der Waals surface area (Å²) in [4.78, 5) is 93.0. The Hall–Kier alpha value is -5.77. The van der Waals surface area contributed by atoms with Crippen LogP contribution in [0.1, 0.15) is 88.0 Å². The molecular weight excluding hydrogens is 995 g/mol. The molecule has 22 heteroatoms. The normalized spacial score (nSPS) is 18.1. The standard InChI is InChI=1S/C49H54BClN4O13S3/c1-9-27(20-36(57)40(58)32-18-19-37(64-22-28-10-14-30(62-7)15-11-28)41(38(32)51)65-23-29-12-16-31(63-8)17-13-29)24-70-49(45(61)67-50)26-55-42(59)33(43(55)71-49)21-35(56)39(34-25-69-46(52)53-34)54-68-48(5,6)44(60)66-47(2,3)4/h10-19,25,27,33,43H,9,20-24,26H2,1-8H3,(H2,52,53)/b54-39-/t27-,33?,43+,49+/m0/s1. The van der Waals surface area contributed by atoms with E-state index in [2.05, 4.69) is 10.1 Å². The van der Waals surface area contributed by atoms with Gasteiger partial charge in [-0.15, -0.1) is 34.9 Å². The van der Waals surface area contributed by atoms with Crippen molar-refractivity contribution in [2.75, 3.05) is 32.3 Å². The van der Waals surface area contributed by atoms with E-state index < -0.39 is 67.7 Å². The maximum Gasteiger partial charge on any atom is 0.378 e. The number of carbonyl (C=O) groups is 6. The van der Waals surface area contributed by atoms with Gasteiger partial charge in [0.2, 0.25) is 23.1 Å². The van der Waals surface area contributed by atoms with Crippen molar-refractivity contribution in [1.29, 1.82) is 0 Å². The zero-order valence-electron chi connectivity index (χ0n) is 40.4. The van der Waals surface area contributed by atoms with E-state index in [1.807, 2.05) is 31.2 Å². The highest BCUT2D eigenvalue weighted by Crippen LogP contribution is 2.56. The van der Waals surface area contributed by atoms with Crippen LogP contribution in [0, 0.1) is 11.8 Å². The van der Waals surface area contributed by atoms with Crippen LogP contribution in [-0.2, 0) is 51.4 Å². The number of anilines is 1. The number of ether oxygens (including phenoxy) is 5. The minimum atomic E-state index is -1.61. The molecule has 4 atom stereocenters. The highest BCUT2D eigenvalue weighted by Gasteiger charge is 2.62. The van der Waals surface area contributed by atoms with E-state index in [1.165, 1.54) is 36.3 Å². The fourth-order valence-electron chi connectivity index (χ4n) is 7.23. The van der Waals surface area contributed by atoms with Crippen molar-refractivity contribution < 1.29 is 61.9 Å². The molecule has 2 radical (unpaired) electrons. The number of ketones is 3. The summed E-state index contributed by atoms with van der Waals surface area (Å²) in [6.07, 6.45) is -0.113. The second-order valence-corrected chi connectivity index (χ2v) is 22.3. The number of amides is 1. The number of benzene rings is 3. The topological polar surface area (TPSA) is 222 Å². The molecule has 6 rings (SSSR count). The number of nitrogens with two attached hydrogens (primary N) is 1. The van der Waals surface area contributed by atoms with Crippen LogP contribution in [0.5, 0.6) is 23.0 Å². The van der Waals surface area contributed by atoms with E-state index in [0.29, 0.717) is 17.9 Å². The van der Waals surface area contributed by atoms with Crippen LogP contribution in [0.3, 0.4) is 0 Å². The molecule has 1 unspecified atom stereocenters. The number of Topliss-reactive ketones (excluding diaryl/α,β-unsaturated/α-hetero) is 3. The van der Waals surface area contributed by atoms with Crippen LogP contribution in [0.2, 0.25) is 5.02 Å². The molecule has 0 saturated carbocycles. The smallest absolute Gasteiger partial charge is 0.378 e. The number of nitrogens with zero attached hydrogens (tertiary/aromatic N) is 3. The van der Waals surface area contributed by atoms with Gasteiger partial charge in [-0.05, 0) is 93.8 Å². The molecule has 0 bridgehead atoms. The molecule has 71 heavy (non-hydrogen) atoms. The Balaban J connectivity index is 1.14. The molecule has 0 spiro atoms. The number of oxime groups is 1. The molecule has 2 N–H and O–H groups in total. The first kappa shape index (κ1) is 54.6. The van der Waals surface area contributed by atoms with Gasteiger partial charge in [0.25, 0.3) is 0 Å². The Kier molecular flexibility index (Phi) is 17.8. The number of rotatable bonds is 24. The number of β-lactam (4-membered cyclic amide) rings is 1. The Morgan fingerprint density at radius 3 is 2.11 bits per heavy atom. The van der Waals surface area contributed by atoms with Crippen LogP contribution in [0.4, 0.5) is 5.13 Å². The molecular formula is C49H54BClN4O13S3. The zero-order valence-corrected chi connectivity index (χ0v) is 43.6. The summed E-state index contributed by atoms with van der Waals surface area (Å²) in [5.74, 6) is -3.61. The number of thioether (sulfide) groups is 2. The lowest BCUT2D eigenvalue weighted by atomic mass is 9.90. The third-order valence-corrected chi connectivity index (χ3v) is 15.9. The molecule has 2 aliphatic rings. The average molecular weight is 1050 g/mol. The second-order valence-electron chi connectivity index (χ2n) is 18.1. The molecule has 3 aromatic carbocycles. The third-order valence-electron chi connectivity index (χ3n) is 11.3. The maximum atomic E-state index is 14.0. The first-order valence-corrected chi connectivity index (χ1v) is 25.4. The fraction of sp³-hybridized carbons (Fsp3) is 0.429. The molecule has 1 aromatic heterocycles. The molecule has 376 valence electrons. The van der Waals surface area contributed by atoms with Crippen LogP contribution < -0.4 is 24.7 Å². The Morgan fingerprint density at radius 2 is 1.56 bits per heavy atom. The minimum Gasteiger partial charge on any atom is -0.542 e. The predicted molar refractivity (Wildman–Crippen MR) is 271 cm³/mol. The highest BCUT2D eigenvalue weighted by molar-refractivity contribution is 8.20. The lowest BCUT2D eigenvalue weighted by molar-refractivity contribution is -0.179. The van der Waals surface area contributed by atoms with Gasteiger partial charge >= 0.3 is 20.0 Å². The molecule has 1 amide bonds. The molecule has 17 nitrogen and oxygen atoms in total. The summed E-state index contributed by atoms with van der Waals surface area (Å²) in [7, 11) is 8.60. The van der Waals surface area contributed by atoms with Gasteiger partial charge in [0.15, 0.2) is 32.2 Å². The number of carbonyl (C=O) groups excluding carboxylic acids is 6. The third kappa shape index (κ3) is 13.2. The Labute approximate surface area is 430 Å². The molecule has 4 aromatic rings. The monoisotopic (exact) mass is 1050 g/mol. The number of thiazole rings is 1. The van der Waals surface area contributed by atoms with Crippen molar-refractivity contribution in [2.45, 2.75) is 94.7 Å².